The highest BCUT2D eigenvalue weighted by atomic mass is 79.9. The molecule has 0 radical (unpaired) electrons. The van der Waals surface area contributed by atoms with Crippen molar-refractivity contribution in [2.24, 2.45) is 0 Å². The first-order chi connectivity index (χ1) is 5.84. The molecule has 12 heavy (non-hydrogen) atoms. The Balaban J connectivity index is 2.46. The topological polar surface area (TPSA) is 37.0 Å². The van der Waals surface area contributed by atoms with Gasteiger partial charge in [-0.25, -0.2) is 4.98 Å². The van der Waals surface area contributed by atoms with E-state index in [9.17, 15) is 0 Å². The van der Waals surface area contributed by atoms with Crippen LogP contribution in [0.1, 0.15) is 0 Å². The van der Waals surface area contributed by atoms with Gasteiger partial charge in [0.05, 0.1) is 4.47 Å². The number of nitrogens with one attached hydrogen (secondary N) is 2. The van der Waals surface area contributed by atoms with E-state index in [0.29, 0.717) is 0 Å². The summed E-state index contributed by atoms with van der Waals surface area (Å²) in [5, 5.41) is 6.25. The maximum Gasteiger partial charge on any atom is 0.140 e. The molecule has 0 aliphatic heterocycles. The van der Waals surface area contributed by atoms with E-state index in [-0.39, 0.29) is 0 Å². The number of nitrogens with zero attached hydrogens (tertiary/aromatic N) is 1. The van der Waals surface area contributed by atoms with Gasteiger partial charge in [0.25, 0.3) is 0 Å². The van der Waals surface area contributed by atoms with Crippen LogP contribution < -0.4 is 10.6 Å². The molecule has 0 aliphatic rings. The molecule has 1 rings (SSSR count). The molecule has 1 aromatic rings. The summed E-state index contributed by atoms with van der Waals surface area (Å²) in [5.41, 5.74) is 0. The van der Waals surface area contributed by atoms with Crippen LogP contribution in [-0.2, 0) is 0 Å². The van der Waals surface area contributed by atoms with Gasteiger partial charge in [0.2, 0.25) is 0 Å². The number of hydrogen-bond acceptors (Lipinski definition) is 3. The van der Waals surface area contributed by atoms with Crippen molar-refractivity contribution in [1.29, 1.82) is 0 Å². The monoisotopic (exact) mass is 229 g/mol. The Kier molecular flexibility index (Phi) is 4.04. The minimum Gasteiger partial charge on any atom is -0.368 e. The summed E-state index contributed by atoms with van der Waals surface area (Å²) in [5.74, 6) is 0.896. The van der Waals surface area contributed by atoms with Crippen LogP contribution >= 0.6 is 15.9 Å². The van der Waals surface area contributed by atoms with Crippen LogP contribution in [0.3, 0.4) is 0 Å². The molecule has 1 aromatic heterocycles. The Morgan fingerprint density at radius 3 is 3.00 bits per heavy atom. The van der Waals surface area contributed by atoms with Gasteiger partial charge in [0, 0.05) is 19.3 Å². The van der Waals surface area contributed by atoms with E-state index >= 15 is 0 Å². The van der Waals surface area contributed by atoms with Crippen LogP contribution in [0.4, 0.5) is 5.82 Å². The van der Waals surface area contributed by atoms with E-state index in [1.165, 1.54) is 0 Å². The van der Waals surface area contributed by atoms with E-state index in [2.05, 4.69) is 31.5 Å². The lowest BCUT2D eigenvalue weighted by molar-refractivity contribution is 0.821. The summed E-state index contributed by atoms with van der Waals surface area (Å²) < 4.78 is 1.00. The first-order valence-electron chi connectivity index (χ1n) is 3.83. The lowest BCUT2D eigenvalue weighted by atomic mass is 10.4. The van der Waals surface area contributed by atoms with Crippen molar-refractivity contribution in [3.05, 3.63) is 22.8 Å². The maximum atomic E-state index is 4.16. The molecule has 0 fully saturated rings. The fourth-order valence-electron chi connectivity index (χ4n) is 0.822. The van der Waals surface area contributed by atoms with Crippen molar-refractivity contribution in [1.82, 2.24) is 10.3 Å². The molecule has 0 unspecified atom stereocenters. The fourth-order valence-corrected chi connectivity index (χ4v) is 1.22. The predicted octanol–water partition coefficient (Wildman–Crippen LogP) is 1.48. The van der Waals surface area contributed by atoms with Gasteiger partial charge in [-0.2, -0.15) is 0 Å². The number of aromatic nitrogens is 1. The van der Waals surface area contributed by atoms with Crippen molar-refractivity contribution < 1.29 is 0 Å². The highest BCUT2D eigenvalue weighted by Crippen LogP contribution is 2.17. The third-order valence-electron chi connectivity index (χ3n) is 1.43. The second-order valence-electron chi connectivity index (χ2n) is 2.36. The molecule has 0 saturated carbocycles. The molecule has 4 heteroatoms. The fraction of sp³-hybridized carbons (Fsp3) is 0.375. The molecule has 0 spiro atoms. The molecular formula is C8H12BrN3. The van der Waals surface area contributed by atoms with Crippen LogP contribution in [-0.4, -0.2) is 25.1 Å². The summed E-state index contributed by atoms with van der Waals surface area (Å²) in [6.07, 6.45) is 1.77. The Labute approximate surface area is 80.7 Å². The highest BCUT2D eigenvalue weighted by molar-refractivity contribution is 9.10. The third kappa shape index (κ3) is 2.79. The van der Waals surface area contributed by atoms with Crippen molar-refractivity contribution in [2.45, 2.75) is 0 Å². The van der Waals surface area contributed by atoms with Gasteiger partial charge in [0.1, 0.15) is 5.82 Å². The van der Waals surface area contributed by atoms with Crippen molar-refractivity contribution in [2.75, 3.05) is 25.5 Å². The standard InChI is InChI=1S/C8H12BrN3/c1-10-5-6-12-8-7(9)3-2-4-11-8/h2-4,10H,5-6H2,1H3,(H,11,12). The van der Waals surface area contributed by atoms with Crippen LogP contribution in [0.25, 0.3) is 0 Å². The average molecular weight is 230 g/mol. The van der Waals surface area contributed by atoms with E-state index in [1.807, 2.05) is 19.2 Å². The quantitative estimate of drug-likeness (QED) is 0.769. The molecule has 0 aromatic carbocycles. The Hall–Kier alpha value is -0.610. The predicted molar refractivity (Wildman–Crippen MR) is 54.4 cm³/mol. The van der Waals surface area contributed by atoms with Crippen molar-refractivity contribution in [3.8, 4) is 0 Å². The second-order valence-corrected chi connectivity index (χ2v) is 3.22. The number of pyridine rings is 1. The zero-order valence-electron chi connectivity index (χ0n) is 6.97. The molecule has 2 N–H and O–H groups in total. The molecule has 66 valence electrons. The SMILES string of the molecule is CNCCNc1ncccc1Br. The first kappa shape index (κ1) is 9.48. The molecule has 0 saturated heterocycles. The lowest BCUT2D eigenvalue weighted by Crippen LogP contribution is -2.18. The van der Waals surface area contributed by atoms with Gasteiger partial charge in [-0.1, -0.05) is 0 Å². The van der Waals surface area contributed by atoms with Gasteiger partial charge >= 0.3 is 0 Å². The van der Waals surface area contributed by atoms with E-state index in [1.54, 1.807) is 6.20 Å². The van der Waals surface area contributed by atoms with Crippen LogP contribution in [0.2, 0.25) is 0 Å². The minimum atomic E-state index is 0.881. The number of likely N-dealkylation sites (N-methyl/N-ethyl adjacent to an activating group) is 1. The minimum absolute atomic E-state index is 0.881. The average Bonchev–Trinajstić information content (AvgIpc) is 2.09. The Morgan fingerprint density at radius 1 is 1.50 bits per heavy atom. The van der Waals surface area contributed by atoms with Gasteiger partial charge in [-0.15, -0.1) is 0 Å². The zero-order chi connectivity index (χ0) is 8.81. The van der Waals surface area contributed by atoms with Crippen molar-refractivity contribution in [3.63, 3.8) is 0 Å². The van der Waals surface area contributed by atoms with Crippen LogP contribution in [0.5, 0.6) is 0 Å². The second kappa shape index (κ2) is 5.11. The van der Waals surface area contributed by atoms with Gasteiger partial charge < -0.3 is 10.6 Å². The highest BCUT2D eigenvalue weighted by Gasteiger charge is 1.96. The maximum absolute atomic E-state index is 4.16. The summed E-state index contributed by atoms with van der Waals surface area (Å²) >= 11 is 3.40. The molecule has 0 aliphatic carbocycles. The van der Waals surface area contributed by atoms with Crippen LogP contribution in [0, 0.1) is 0 Å². The van der Waals surface area contributed by atoms with E-state index in [4.69, 9.17) is 0 Å². The Bertz CT molecular complexity index is 239. The number of halogens is 1. The number of anilines is 1. The molecule has 0 atom stereocenters. The summed E-state index contributed by atoms with van der Waals surface area (Å²) in [4.78, 5) is 4.16. The van der Waals surface area contributed by atoms with E-state index in [0.717, 1.165) is 23.4 Å². The summed E-state index contributed by atoms with van der Waals surface area (Å²) in [7, 11) is 1.93. The summed E-state index contributed by atoms with van der Waals surface area (Å²) in [6.45, 7) is 1.81. The lowest BCUT2D eigenvalue weighted by Gasteiger charge is -2.05. The van der Waals surface area contributed by atoms with Crippen molar-refractivity contribution >= 4 is 21.7 Å². The van der Waals surface area contributed by atoms with Gasteiger partial charge in [0.15, 0.2) is 0 Å². The van der Waals surface area contributed by atoms with Gasteiger partial charge in [-0.3, -0.25) is 0 Å². The van der Waals surface area contributed by atoms with Crippen LogP contribution in [0.15, 0.2) is 22.8 Å². The zero-order valence-corrected chi connectivity index (χ0v) is 8.56. The largest absolute Gasteiger partial charge is 0.368 e. The molecule has 3 nitrogen and oxygen atoms in total. The smallest absolute Gasteiger partial charge is 0.140 e. The summed E-state index contributed by atoms with van der Waals surface area (Å²) in [6, 6.07) is 3.86. The third-order valence-corrected chi connectivity index (χ3v) is 2.07. The first-order valence-corrected chi connectivity index (χ1v) is 4.63. The van der Waals surface area contributed by atoms with E-state index < -0.39 is 0 Å². The number of rotatable bonds is 4. The normalized spacial score (nSPS) is 9.83. The van der Waals surface area contributed by atoms with Gasteiger partial charge in [-0.05, 0) is 35.1 Å². The molecule has 0 bridgehead atoms. The number of hydrogen-bond donors (Lipinski definition) is 2. The molecule has 0 amide bonds. The molecule has 1 heterocycles. The Morgan fingerprint density at radius 2 is 2.33 bits per heavy atom. The molecular weight excluding hydrogens is 218 g/mol.